The zero-order valence-corrected chi connectivity index (χ0v) is 10.5. The first kappa shape index (κ1) is 13.7. The molecule has 2 aromatic rings. The Morgan fingerprint density at radius 1 is 1.32 bits per heavy atom. The molecule has 0 saturated carbocycles. The second-order valence-corrected chi connectivity index (χ2v) is 4.28. The first-order valence-electron chi connectivity index (χ1n) is 4.80. The number of halogens is 5. The van der Waals surface area contributed by atoms with Crippen molar-refractivity contribution in [3.63, 3.8) is 0 Å². The number of hydrogen-bond donors (Lipinski definition) is 1. The van der Waals surface area contributed by atoms with Crippen molar-refractivity contribution in [1.82, 2.24) is 0 Å². The SMILES string of the molecule is Oc1c(-c2ccco2)cc(Br)c(F)c1OC(F)(F)F. The molecule has 0 aliphatic heterocycles. The summed E-state index contributed by atoms with van der Waals surface area (Å²) in [6.07, 6.45) is -3.87. The fourth-order valence-corrected chi connectivity index (χ4v) is 1.83. The van der Waals surface area contributed by atoms with Crippen LogP contribution in [-0.4, -0.2) is 11.5 Å². The first-order chi connectivity index (χ1) is 8.79. The van der Waals surface area contributed by atoms with Gasteiger partial charge in [-0.2, -0.15) is 0 Å². The van der Waals surface area contributed by atoms with Gasteiger partial charge in [0.25, 0.3) is 0 Å². The Hall–Kier alpha value is -1.70. The van der Waals surface area contributed by atoms with Crippen LogP contribution in [0.15, 0.2) is 33.4 Å². The monoisotopic (exact) mass is 340 g/mol. The van der Waals surface area contributed by atoms with Gasteiger partial charge in [-0.3, -0.25) is 0 Å². The molecule has 0 amide bonds. The summed E-state index contributed by atoms with van der Waals surface area (Å²) in [6, 6.07) is 3.96. The van der Waals surface area contributed by atoms with E-state index < -0.39 is 23.7 Å². The lowest BCUT2D eigenvalue weighted by Crippen LogP contribution is -2.18. The molecule has 1 N–H and O–H groups in total. The molecular formula is C11H5BrF4O3. The lowest BCUT2D eigenvalue weighted by atomic mass is 10.1. The Morgan fingerprint density at radius 3 is 2.53 bits per heavy atom. The average molecular weight is 341 g/mol. The highest BCUT2D eigenvalue weighted by atomic mass is 79.9. The molecule has 3 nitrogen and oxygen atoms in total. The smallest absolute Gasteiger partial charge is 0.504 e. The van der Waals surface area contributed by atoms with Gasteiger partial charge in [0.2, 0.25) is 5.75 Å². The minimum absolute atomic E-state index is 0.0743. The number of phenols is 1. The van der Waals surface area contributed by atoms with Crippen LogP contribution in [0, 0.1) is 5.82 Å². The van der Waals surface area contributed by atoms with Crippen molar-refractivity contribution in [3.05, 3.63) is 34.8 Å². The van der Waals surface area contributed by atoms with Crippen LogP contribution in [0.3, 0.4) is 0 Å². The van der Waals surface area contributed by atoms with E-state index >= 15 is 0 Å². The van der Waals surface area contributed by atoms with Crippen LogP contribution in [0.4, 0.5) is 17.6 Å². The summed E-state index contributed by atoms with van der Waals surface area (Å²) >= 11 is 2.75. The van der Waals surface area contributed by atoms with E-state index in [1.165, 1.54) is 18.4 Å². The van der Waals surface area contributed by atoms with Gasteiger partial charge in [0.05, 0.1) is 16.3 Å². The highest BCUT2D eigenvalue weighted by Gasteiger charge is 2.35. The molecule has 1 aromatic heterocycles. The highest BCUT2D eigenvalue weighted by Crippen LogP contribution is 2.44. The topological polar surface area (TPSA) is 42.6 Å². The second kappa shape index (κ2) is 4.76. The van der Waals surface area contributed by atoms with Gasteiger partial charge in [-0.25, -0.2) is 4.39 Å². The van der Waals surface area contributed by atoms with Crippen LogP contribution in [0.5, 0.6) is 11.5 Å². The van der Waals surface area contributed by atoms with Crippen molar-refractivity contribution < 1.29 is 31.8 Å². The predicted octanol–water partition coefficient (Wildman–Crippen LogP) is 4.45. The Labute approximate surface area is 112 Å². The maximum absolute atomic E-state index is 13.6. The van der Waals surface area contributed by atoms with Crippen molar-refractivity contribution in [2.45, 2.75) is 6.36 Å². The maximum atomic E-state index is 13.6. The zero-order valence-electron chi connectivity index (χ0n) is 8.96. The summed E-state index contributed by atoms with van der Waals surface area (Å²) in [7, 11) is 0. The van der Waals surface area contributed by atoms with Gasteiger partial charge in [0, 0.05) is 0 Å². The number of alkyl halides is 3. The molecule has 0 fully saturated rings. The van der Waals surface area contributed by atoms with Crippen LogP contribution in [-0.2, 0) is 0 Å². The number of ether oxygens (including phenoxy) is 1. The van der Waals surface area contributed by atoms with E-state index in [1.54, 1.807) is 0 Å². The molecule has 0 atom stereocenters. The quantitative estimate of drug-likeness (QED) is 0.821. The summed E-state index contributed by atoms with van der Waals surface area (Å²) in [4.78, 5) is 0. The normalized spacial score (nSPS) is 11.6. The van der Waals surface area contributed by atoms with Gasteiger partial charge in [-0.05, 0) is 34.1 Å². The van der Waals surface area contributed by atoms with Crippen LogP contribution >= 0.6 is 15.9 Å². The van der Waals surface area contributed by atoms with Crippen molar-refractivity contribution in [2.24, 2.45) is 0 Å². The first-order valence-corrected chi connectivity index (χ1v) is 5.59. The van der Waals surface area contributed by atoms with Crippen molar-refractivity contribution in [1.29, 1.82) is 0 Å². The van der Waals surface area contributed by atoms with Crippen molar-refractivity contribution >= 4 is 15.9 Å². The lowest BCUT2D eigenvalue weighted by molar-refractivity contribution is -0.276. The number of phenolic OH excluding ortho intramolecular Hbond substituents is 1. The lowest BCUT2D eigenvalue weighted by Gasteiger charge is -2.14. The molecule has 0 radical (unpaired) electrons. The summed E-state index contributed by atoms with van der Waals surface area (Å²) in [5.41, 5.74) is -0.127. The van der Waals surface area contributed by atoms with E-state index in [0.29, 0.717) is 0 Å². The van der Waals surface area contributed by atoms with Gasteiger partial charge in [-0.1, -0.05) is 0 Å². The molecule has 0 aliphatic rings. The Kier molecular flexibility index (Phi) is 3.44. The van der Waals surface area contributed by atoms with E-state index in [2.05, 4.69) is 20.7 Å². The fourth-order valence-electron chi connectivity index (χ4n) is 1.42. The molecule has 0 spiro atoms. The summed E-state index contributed by atoms with van der Waals surface area (Å²) < 4.78 is 58.2. The third-order valence-corrected chi connectivity index (χ3v) is 2.73. The van der Waals surface area contributed by atoms with Gasteiger partial charge >= 0.3 is 6.36 Å². The van der Waals surface area contributed by atoms with E-state index in [0.717, 1.165) is 6.07 Å². The van der Waals surface area contributed by atoms with E-state index in [4.69, 9.17) is 4.42 Å². The molecule has 8 heteroatoms. The minimum Gasteiger partial charge on any atom is -0.504 e. The van der Waals surface area contributed by atoms with Gasteiger partial charge in [0.15, 0.2) is 11.6 Å². The molecular weight excluding hydrogens is 336 g/mol. The van der Waals surface area contributed by atoms with Crippen LogP contribution in [0.2, 0.25) is 0 Å². The largest absolute Gasteiger partial charge is 0.573 e. The third-order valence-electron chi connectivity index (χ3n) is 2.15. The van der Waals surface area contributed by atoms with Crippen molar-refractivity contribution in [2.75, 3.05) is 0 Å². The third kappa shape index (κ3) is 2.83. The zero-order chi connectivity index (χ0) is 14.2. The molecule has 19 heavy (non-hydrogen) atoms. The van der Waals surface area contributed by atoms with Crippen LogP contribution < -0.4 is 4.74 Å². The Balaban J connectivity index is 2.60. The summed E-state index contributed by atoms with van der Waals surface area (Å²) in [6.45, 7) is 0. The van der Waals surface area contributed by atoms with Crippen molar-refractivity contribution in [3.8, 4) is 22.8 Å². The molecule has 2 rings (SSSR count). The fraction of sp³-hybridized carbons (Fsp3) is 0.0909. The number of hydrogen-bond acceptors (Lipinski definition) is 3. The second-order valence-electron chi connectivity index (χ2n) is 3.42. The van der Waals surface area contributed by atoms with Gasteiger partial charge in [0.1, 0.15) is 5.76 Å². The number of furan rings is 1. The molecule has 0 aliphatic carbocycles. The van der Waals surface area contributed by atoms with E-state index in [9.17, 15) is 22.7 Å². The maximum Gasteiger partial charge on any atom is 0.573 e. The molecule has 0 saturated heterocycles. The van der Waals surface area contributed by atoms with E-state index in [1.807, 2.05) is 0 Å². The van der Waals surface area contributed by atoms with Crippen LogP contribution in [0.25, 0.3) is 11.3 Å². The van der Waals surface area contributed by atoms with Gasteiger partial charge in [-0.15, -0.1) is 13.2 Å². The van der Waals surface area contributed by atoms with Gasteiger partial charge < -0.3 is 14.3 Å². The average Bonchev–Trinajstić information content (AvgIpc) is 2.81. The van der Waals surface area contributed by atoms with E-state index in [-0.39, 0.29) is 15.8 Å². The molecule has 0 unspecified atom stereocenters. The summed E-state index contributed by atoms with van der Waals surface area (Å²) in [5, 5.41) is 9.68. The Morgan fingerprint density at radius 2 is 2.00 bits per heavy atom. The molecule has 102 valence electrons. The van der Waals surface area contributed by atoms with Crippen LogP contribution in [0.1, 0.15) is 0 Å². The molecule has 1 heterocycles. The molecule has 0 bridgehead atoms. The highest BCUT2D eigenvalue weighted by molar-refractivity contribution is 9.10. The standard InChI is InChI=1S/C11H5BrF4O3/c12-6-4-5(7-2-1-3-18-7)9(17)10(8(6)13)19-11(14,15)16/h1-4,17H. The number of aromatic hydroxyl groups is 1. The predicted molar refractivity (Wildman–Crippen MR) is 60.1 cm³/mol. The number of benzene rings is 1. The Bertz CT molecular complexity index is 593. The minimum atomic E-state index is -5.13. The number of rotatable bonds is 2. The summed E-state index contributed by atoms with van der Waals surface area (Å²) in [5.74, 6) is -3.59. The molecule has 1 aromatic carbocycles.